The molecular formula is C20H21N5O2S. The molecule has 8 heteroatoms. The van der Waals surface area contributed by atoms with Gasteiger partial charge in [0.05, 0.1) is 12.1 Å². The smallest absolute Gasteiger partial charge is 0.230 e. The second-order valence-corrected chi connectivity index (χ2v) is 8.04. The Kier molecular flexibility index (Phi) is 5.57. The summed E-state index contributed by atoms with van der Waals surface area (Å²) in [6.07, 6.45) is 4.42. The number of aromatic nitrogens is 4. The predicted molar refractivity (Wildman–Crippen MR) is 106 cm³/mol. The fraction of sp³-hybridized carbons (Fsp3) is 0.350. The third-order valence-electron chi connectivity index (χ3n) is 5.01. The third kappa shape index (κ3) is 4.51. The van der Waals surface area contributed by atoms with Crippen molar-refractivity contribution in [2.24, 2.45) is 0 Å². The van der Waals surface area contributed by atoms with E-state index in [1.807, 2.05) is 36.4 Å². The summed E-state index contributed by atoms with van der Waals surface area (Å²) in [4.78, 5) is 12.2. The molecule has 1 aliphatic carbocycles. The molecule has 2 atom stereocenters. The molecule has 0 radical (unpaired) electrons. The van der Waals surface area contributed by atoms with Gasteiger partial charge in [-0.1, -0.05) is 48.1 Å². The number of carbonyl (C=O) groups is 1. The van der Waals surface area contributed by atoms with Crippen LogP contribution in [0, 0.1) is 0 Å². The fourth-order valence-corrected chi connectivity index (χ4v) is 4.54. The van der Waals surface area contributed by atoms with E-state index >= 15 is 0 Å². The first-order valence-corrected chi connectivity index (χ1v) is 10.2. The molecule has 1 aromatic carbocycles. The number of anilines is 1. The van der Waals surface area contributed by atoms with Crippen LogP contribution in [0.3, 0.4) is 0 Å². The van der Waals surface area contributed by atoms with E-state index in [-0.39, 0.29) is 11.8 Å². The maximum Gasteiger partial charge on any atom is 0.230 e. The average Bonchev–Trinajstić information content (AvgIpc) is 3.18. The highest BCUT2D eigenvalue weighted by Gasteiger charge is 2.28. The molecule has 2 aromatic heterocycles. The van der Waals surface area contributed by atoms with Crippen molar-refractivity contribution in [1.82, 2.24) is 20.4 Å². The average molecular weight is 395 g/mol. The van der Waals surface area contributed by atoms with E-state index in [1.165, 1.54) is 11.3 Å². The molecule has 0 saturated heterocycles. The van der Waals surface area contributed by atoms with Gasteiger partial charge in [-0.3, -0.25) is 4.79 Å². The normalized spacial score (nSPS) is 19.3. The zero-order valence-corrected chi connectivity index (χ0v) is 16.1. The van der Waals surface area contributed by atoms with Crippen LogP contribution < -0.4 is 5.32 Å². The van der Waals surface area contributed by atoms with Crippen molar-refractivity contribution in [1.29, 1.82) is 0 Å². The van der Waals surface area contributed by atoms with Crippen LogP contribution in [0.25, 0.3) is 0 Å². The van der Waals surface area contributed by atoms with Crippen LogP contribution >= 0.6 is 11.3 Å². The molecule has 1 saturated carbocycles. The van der Waals surface area contributed by atoms with Crippen molar-refractivity contribution in [2.45, 2.75) is 43.9 Å². The summed E-state index contributed by atoms with van der Waals surface area (Å²) in [7, 11) is 0. The van der Waals surface area contributed by atoms with Crippen molar-refractivity contribution < 1.29 is 9.90 Å². The molecule has 2 unspecified atom stereocenters. The molecule has 1 fully saturated rings. The van der Waals surface area contributed by atoms with Gasteiger partial charge in [0.25, 0.3) is 0 Å². The maximum atomic E-state index is 12.2. The summed E-state index contributed by atoms with van der Waals surface area (Å²) >= 11 is 1.45. The van der Waals surface area contributed by atoms with Crippen LogP contribution in [0.2, 0.25) is 0 Å². The number of hydrogen-bond acceptors (Lipinski definition) is 7. The van der Waals surface area contributed by atoms with Gasteiger partial charge in [-0.2, -0.15) is 5.10 Å². The molecule has 4 rings (SSSR count). The topological polar surface area (TPSA) is 101 Å². The molecule has 144 valence electrons. The van der Waals surface area contributed by atoms with Crippen molar-refractivity contribution in [3.63, 3.8) is 0 Å². The second kappa shape index (κ2) is 8.43. The Morgan fingerprint density at radius 2 is 1.86 bits per heavy atom. The first-order valence-electron chi connectivity index (χ1n) is 9.37. The number of rotatable bonds is 5. The van der Waals surface area contributed by atoms with Crippen LogP contribution in [-0.2, 0) is 11.2 Å². The van der Waals surface area contributed by atoms with E-state index in [2.05, 4.69) is 25.7 Å². The third-order valence-corrected chi connectivity index (χ3v) is 6.01. The van der Waals surface area contributed by atoms with E-state index in [0.29, 0.717) is 23.4 Å². The standard InChI is InChI=1S/C20H21N5O2S/c26-17-10-9-16(22-23-17)14-7-4-8-15(12-14)19-24-25-20(28-19)21-18(27)11-13-5-2-1-3-6-13/h1-3,5-6,9-10,14-15H,4,7-8,11-12H2,(H,23,26)(H,21,25,27). The van der Waals surface area contributed by atoms with Gasteiger partial charge in [0.2, 0.25) is 16.9 Å². The number of carbonyl (C=O) groups excluding carboxylic acids is 1. The fourth-order valence-electron chi connectivity index (χ4n) is 3.63. The lowest BCUT2D eigenvalue weighted by Gasteiger charge is -2.26. The van der Waals surface area contributed by atoms with Crippen LogP contribution in [0.4, 0.5) is 5.13 Å². The Bertz CT molecular complexity index is 929. The highest BCUT2D eigenvalue weighted by molar-refractivity contribution is 7.15. The van der Waals surface area contributed by atoms with Crippen molar-refractivity contribution in [3.8, 4) is 5.88 Å². The number of benzene rings is 1. The minimum Gasteiger partial charge on any atom is -0.492 e. The Balaban J connectivity index is 1.38. The first-order chi connectivity index (χ1) is 13.7. The molecule has 3 aromatic rings. The molecule has 28 heavy (non-hydrogen) atoms. The number of aromatic hydroxyl groups is 1. The Hall–Kier alpha value is -2.87. The lowest BCUT2D eigenvalue weighted by atomic mass is 9.80. The quantitative estimate of drug-likeness (QED) is 0.684. The van der Waals surface area contributed by atoms with E-state index in [4.69, 9.17) is 0 Å². The SMILES string of the molecule is O=C(Cc1ccccc1)Nc1nnc(C2CCCC(c3ccc(O)nn3)C2)s1. The molecule has 0 bridgehead atoms. The van der Waals surface area contributed by atoms with Crippen LogP contribution in [-0.4, -0.2) is 31.4 Å². The summed E-state index contributed by atoms with van der Waals surface area (Å²) in [5.41, 5.74) is 1.87. The van der Waals surface area contributed by atoms with E-state index in [9.17, 15) is 9.90 Å². The maximum absolute atomic E-state index is 12.2. The highest BCUT2D eigenvalue weighted by atomic mass is 32.1. The molecule has 0 spiro atoms. The van der Waals surface area contributed by atoms with Crippen LogP contribution in [0.1, 0.15) is 53.8 Å². The van der Waals surface area contributed by atoms with E-state index in [1.54, 1.807) is 6.07 Å². The van der Waals surface area contributed by atoms with E-state index < -0.39 is 0 Å². The van der Waals surface area contributed by atoms with Crippen molar-refractivity contribution in [3.05, 3.63) is 58.7 Å². The molecule has 7 nitrogen and oxygen atoms in total. The van der Waals surface area contributed by atoms with Crippen molar-refractivity contribution >= 4 is 22.4 Å². The Morgan fingerprint density at radius 3 is 2.64 bits per heavy atom. The summed E-state index contributed by atoms with van der Waals surface area (Å²) in [5.74, 6) is 0.449. The second-order valence-electron chi connectivity index (χ2n) is 7.03. The van der Waals surface area contributed by atoms with Gasteiger partial charge in [-0.25, -0.2) is 0 Å². The minimum absolute atomic E-state index is 0.0591. The lowest BCUT2D eigenvalue weighted by molar-refractivity contribution is -0.115. The molecular weight excluding hydrogens is 374 g/mol. The largest absolute Gasteiger partial charge is 0.492 e. The minimum atomic E-state index is -0.0882. The molecule has 2 N–H and O–H groups in total. The van der Waals surface area contributed by atoms with Gasteiger partial charge >= 0.3 is 0 Å². The molecule has 0 aliphatic heterocycles. The highest BCUT2D eigenvalue weighted by Crippen LogP contribution is 2.41. The number of nitrogens with one attached hydrogen (secondary N) is 1. The number of amides is 1. The van der Waals surface area contributed by atoms with E-state index in [0.717, 1.165) is 41.9 Å². The number of nitrogens with zero attached hydrogens (tertiary/aromatic N) is 4. The van der Waals surface area contributed by atoms with Gasteiger partial charge in [-0.05, 0) is 30.9 Å². The Morgan fingerprint density at radius 1 is 1.04 bits per heavy atom. The van der Waals surface area contributed by atoms with Crippen molar-refractivity contribution in [2.75, 3.05) is 5.32 Å². The predicted octanol–water partition coefficient (Wildman–Crippen LogP) is 3.66. The summed E-state index contributed by atoms with van der Waals surface area (Å²) in [6, 6.07) is 13.0. The summed E-state index contributed by atoms with van der Waals surface area (Å²) in [6.45, 7) is 0. The number of hydrogen-bond donors (Lipinski definition) is 2. The van der Waals surface area contributed by atoms with Crippen LogP contribution in [0.15, 0.2) is 42.5 Å². The van der Waals surface area contributed by atoms with Gasteiger partial charge < -0.3 is 10.4 Å². The van der Waals surface area contributed by atoms with Crippen LogP contribution in [0.5, 0.6) is 5.88 Å². The molecule has 1 amide bonds. The Labute approximate surface area is 166 Å². The van der Waals surface area contributed by atoms with Gasteiger partial charge in [-0.15, -0.1) is 15.3 Å². The zero-order valence-electron chi connectivity index (χ0n) is 15.3. The lowest BCUT2D eigenvalue weighted by Crippen LogP contribution is -2.14. The summed E-state index contributed by atoms with van der Waals surface area (Å²) < 4.78 is 0. The van der Waals surface area contributed by atoms with Gasteiger partial charge in [0.1, 0.15) is 5.01 Å². The zero-order chi connectivity index (χ0) is 19.3. The molecule has 1 aliphatic rings. The summed E-state index contributed by atoms with van der Waals surface area (Å²) in [5, 5.41) is 30.0. The molecule has 2 heterocycles. The first kappa shape index (κ1) is 18.5. The van der Waals surface area contributed by atoms with Gasteiger partial charge in [0, 0.05) is 17.9 Å². The monoisotopic (exact) mass is 395 g/mol. The van der Waals surface area contributed by atoms with Gasteiger partial charge in [0.15, 0.2) is 0 Å².